The van der Waals surface area contributed by atoms with Crippen LogP contribution in [0.15, 0.2) is 0 Å². The summed E-state index contributed by atoms with van der Waals surface area (Å²) >= 11 is 0. The summed E-state index contributed by atoms with van der Waals surface area (Å²) in [5, 5.41) is 0. The van der Waals surface area contributed by atoms with Crippen LogP contribution in [-0.4, -0.2) is 55.0 Å². The van der Waals surface area contributed by atoms with Crippen LogP contribution in [0.25, 0.3) is 0 Å². The van der Waals surface area contributed by atoms with Crippen LogP contribution in [0.5, 0.6) is 0 Å². The quantitative estimate of drug-likeness (QED) is 0.216. The molecular weight excluding hydrogens is 366 g/mol. The van der Waals surface area contributed by atoms with Crippen LogP contribution in [0.4, 0.5) is 0 Å². The predicted octanol–water partition coefficient (Wildman–Crippen LogP) is 2.51. The Labute approximate surface area is 168 Å². The van der Waals surface area contributed by atoms with Gasteiger partial charge in [-0.25, -0.2) is 9.59 Å². The molecule has 0 spiro atoms. The second-order valence-corrected chi connectivity index (χ2v) is 7.50. The van der Waals surface area contributed by atoms with Gasteiger partial charge >= 0.3 is 17.9 Å². The smallest absolute Gasteiger partial charge is 0.350 e. The molecule has 0 aliphatic rings. The third-order valence-electron chi connectivity index (χ3n) is 3.82. The third kappa shape index (κ3) is 9.01. The maximum Gasteiger partial charge on any atom is 0.350 e. The Morgan fingerprint density at radius 3 is 1.89 bits per heavy atom. The summed E-state index contributed by atoms with van der Waals surface area (Å²) in [5.74, 6) is -2.28. The highest BCUT2D eigenvalue weighted by Gasteiger charge is 2.50. The maximum atomic E-state index is 12.7. The lowest BCUT2D eigenvalue weighted by atomic mass is 9.94. The summed E-state index contributed by atoms with van der Waals surface area (Å²) in [6.45, 7) is 10.8. The number of rotatable bonds is 13. The van der Waals surface area contributed by atoms with Gasteiger partial charge in [0.2, 0.25) is 0 Å². The van der Waals surface area contributed by atoms with Crippen molar-refractivity contribution in [2.75, 3.05) is 19.8 Å². The van der Waals surface area contributed by atoms with Crippen LogP contribution in [0, 0.1) is 0 Å². The van der Waals surface area contributed by atoms with Gasteiger partial charge in [-0.3, -0.25) is 4.79 Å². The number of ether oxygens (including phenoxy) is 4. The Kier molecular flexibility index (Phi) is 12.0. The highest BCUT2D eigenvalue weighted by molar-refractivity contribution is 6.03. The van der Waals surface area contributed by atoms with Crippen LogP contribution >= 0.6 is 0 Å². The van der Waals surface area contributed by atoms with Crippen molar-refractivity contribution in [3.05, 3.63) is 0 Å². The fourth-order valence-corrected chi connectivity index (χ4v) is 2.43. The van der Waals surface area contributed by atoms with Crippen molar-refractivity contribution in [3.63, 3.8) is 0 Å². The van der Waals surface area contributed by atoms with E-state index in [1.54, 1.807) is 34.6 Å². The van der Waals surface area contributed by atoms with Gasteiger partial charge in [0, 0.05) is 13.0 Å². The van der Waals surface area contributed by atoms with Gasteiger partial charge in [-0.15, -0.1) is 0 Å². The Morgan fingerprint density at radius 1 is 0.929 bits per heavy atom. The van der Waals surface area contributed by atoms with Gasteiger partial charge in [-0.1, -0.05) is 19.8 Å². The highest BCUT2D eigenvalue weighted by Crippen LogP contribution is 2.25. The van der Waals surface area contributed by atoms with Crippen LogP contribution in [0.1, 0.15) is 73.6 Å². The van der Waals surface area contributed by atoms with Crippen LogP contribution < -0.4 is 5.73 Å². The summed E-state index contributed by atoms with van der Waals surface area (Å²) in [4.78, 5) is 37.4. The first-order valence-electron chi connectivity index (χ1n) is 10.0. The van der Waals surface area contributed by atoms with Crippen molar-refractivity contribution in [1.29, 1.82) is 0 Å². The van der Waals surface area contributed by atoms with E-state index in [1.807, 2.05) is 6.92 Å². The number of unbranched alkanes of at least 4 members (excludes halogenated alkanes) is 2. The van der Waals surface area contributed by atoms with E-state index in [1.165, 1.54) is 0 Å². The van der Waals surface area contributed by atoms with Gasteiger partial charge < -0.3 is 24.7 Å². The summed E-state index contributed by atoms with van der Waals surface area (Å²) in [6, 6.07) is -1.01. The summed E-state index contributed by atoms with van der Waals surface area (Å²) in [7, 11) is 0. The van der Waals surface area contributed by atoms with E-state index < -0.39 is 35.2 Å². The average molecular weight is 404 g/mol. The van der Waals surface area contributed by atoms with Crippen LogP contribution in [0.3, 0.4) is 0 Å². The third-order valence-corrected chi connectivity index (χ3v) is 3.82. The zero-order valence-electron chi connectivity index (χ0n) is 18.2. The van der Waals surface area contributed by atoms with Gasteiger partial charge in [-0.05, 0) is 47.5 Å². The molecule has 0 radical (unpaired) electrons. The lowest BCUT2D eigenvalue weighted by Gasteiger charge is -2.30. The Balaban J connectivity index is 5.43. The van der Waals surface area contributed by atoms with E-state index in [4.69, 9.17) is 24.7 Å². The fourth-order valence-electron chi connectivity index (χ4n) is 2.43. The molecule has 0 heterocycles. The molecule has 0 amide bonds. The Bertz CT molecular complexity index is 481. The van der Waals surface area contributed by atoms with Gasteiger partial charge in [0.05, 0.1) is 13.2 Å². The molecule has 28 heavy (non-hydrogen) atoms. The minimum absolute atomic E-state index is 0.000317. The standard InChI is InChI=1S/C20H37NO7/c1-7-10-11-14-27-20(17(23)25-8-2,18(24)26-9-3)13-12-15(21)16(22)28-19(4,5)6/h15H,7-14,21H2,1-6H3. The molecular formula is C20H37NO7. The van der Waals surface area contributed by atoms with Crippen molar-refractivity contribution in [1.82, 2.24) is 0 Å². The predicted molar refractivity (Wildman–Crippen MR) is 105 cm³/mol. The molecule has 0 bridgehead atoms. The molecule has 1 unspecified atom stereocenters. The molecule has 0 rings (SSSR count). The Hall–Kier alpha value is -1.67. The average Bonchev–Trinajstić information content (AvgIpc) is 2.59. The zero-order valence-corrected chi connectivity index (χ0v) is 18.2. The monoisotopic (exact) mass is 403 g/mol. The topological polar surface area (TPSA) is 114 Å². The van der Waals surface area contributed by atoms with Gasteiger partial charge in [-0.2, -0.15) is 0 Å². The SMILES string of the molecule is CCCCCOC(CCC(N)C(=O)OC(C)(C)C)(C(=O)OCC)C(=O)OCC. The fraction of sp³-hybridized carbons (Fsp3) is 0.850. The number of hydrogen-bond donors (Lipinski definition) is 1. The van der Waals surface area contributed by atoms with Crippen molar-refractivity contribution < 1.29 is 33.3 Å². The minimum Gasteiger partial charge on any atom is -0.463 e. The molecule has 8 nitrogen and oxygen atoms in total. The van der Waals surface area contributed by atoms with Crippen molar-refractivity contribution in [2.24, 2.45) is 5.73 Å². The normalized spacial score (nSPS) is 13.0. The van der Waals surface area contributed by atoms with Gasteiger partial charge in [0.25, 0.3) is 5.60 Å². The molecule has 0 saturated carbocycles. The van der Waals surface area contributed by atoms with Crippen molar-refractivity contribution in [3.8, 4) is 0 Å². The largest absolute Gasteiger partial charge is 0.463 e. The molecule has 164 valence electrons. The van der Waals surface area contributed by atoms with E-state index in [-0.39, 0.29) is 32.7 Å². The second kappa shape index (κ2) is 12.7. The van der Waals surface area contributed by atoms with Gasteiger partial charge in [0.15, 0.2) is 0 Å². The number of hydrogen-bond acceptors (Lipinski definition) is 8. The van der Waals surface area contributed by atoms with E-state index in [2.05, 4.69) is 0 Å². The maximum absolute atomic E-state index is 12.7. The molecule has 0 aliphatic heterocycles. The molecule has 0 aromatic rings. The molecule has 8 heteroatoms. The second-order valence-electron chi connectivity index (χ2n) is 7.50. The number of esters is 3. The number of carbonyl (C=O) groups is 3. The molecule has 0 aromatic carbocycles. The first-order valence-corrected chi connectivity index (χ1v) is 10.0. The first-order chi connectivity index (χ1) is 13.0. The van der Waals surface area contributed by atoms with Crippen LogP contribution in [-0.2, 0) is 33.3 Å². The lowest BCUT2D eigenvalue weighted by Crippen LogP contribution is -2.52. The van der Waals surface area contributed by atoms with Crippen molar-refractivity contribution >= 4 is 17.9 Å². The molecule has 0 aromatic heterocycles. The Morgan fingerprint density at radius 2 is 1.46 bits per heavy atom. The summed E-state index contributed by atoms with van der Waals surface area (Å²) in [6.07, 6.45) is 2.38. The highest BCUT2D eigenvalue weighted by atomic mass is 16.6. The number of carbonyl (C=O) groups excluding carboxylic acids is 3. The van der Waals surface area contributed by atoms with Crippen molar-refractivity contribution in [2.45, 2.75) is 90.9 Å². The van der Waals surface area contributed by atoms with E-state index in [9.17, 15) is 14.4 Å². The van der Waals surface area contributed by atoms with E-state index in [0.717, 1.165) is 12.8 Å². The molecule has 1 atom stereocenters. The number of nitrogens with two attached hydrogens (primary N) is 1. The van der Waals surface area contributed by atoms with Gasteiger partial charge in [0.1, 0.15) is 11.6 Å². The van der Waals surface area contributed by atoms with Crippen LogP contribution in [0.2, 0.25) is 0 Å². The minimum atomic E-state index is -1.95. The zero-order chi connectivity index (χ0) is 21.8. The lowest BCUT2D eigenvalue weighted by molar-refractivity contribution is -0.193. The molecule has 2 N–H and O–H groups in total. The molecule has 0 aliphatic carbocycles. The molecule has 0 fully saturated rings. The first kappa shape index (κ1) is 26.3. The summed E-state index contributed by atoms with van der Waals surface area (Å²) < 4.78 is 21.2. The van der Waals surface area contributed by atoms with E-state index >= 15 is 0 Å². The molecule has 0 saturated heterocycles. The van der Waals surface area contributed by atoms with E-state index in [0.29, 0.717) is 6.42 Å². The summed E-state index contributed by atoms with van der Waals surface area (Å²) in [5.41, 5.74) is 3.29.